The van der Waals surface area contributed by atoms with Crippen molar-refractivity contribution in [1.29, 1.82) is 0 Å². The number of hydrogen-bond acceptors (Lipinski definition) is 7. The van der Waals surface area contributed by atoms with Crippen LogP contribution >= 0.6 is 0 Å². The molecule has 0 saturated heterocycles. The third kappa shape index (κ3) is 4.56. The molecule has 28 heavy (non-hydrogen) atoms. The van der Waals surface area contributed by atoms with Crippen molar-refractivity contribution in [3.05, 3.63) is 72.1 Å². The number of rotatable bonds is 8. The largest absolute Gasteiger partial charge is 0.493 e. The highest BCUT2D eigenvalue weighted by Gasteiger charge is 2.15. The molecule has 0 aliphatic rings. The van der Waals surface area contributed by atoms with Crippen molar-refractivity contribution in [1.82, 2.24) is 10.1 Å². The van der Waals surface area contributed by atoms with Crippen molar-refractivity contribution in [2.45, 2.75) is 13.5 Å². The Morgan fingerprint density at radius 3 is 2.68 bits per heavy atom. The second kappa shape index (κ2) is 8.85. The lowest BCUT2D eigenvalue weighted by atomic mass is 10.1. The molecular formula is C21H20N2O5. The summed E-state index contributed by atoms with van der Waals surface area (Å²) in [6.45, 7) is 5.80. The Hall–Kier alpha value is -3.61. The van der Waals surface area contributed by atoms with E-state index in [9.17, 15) is 4.79 Å². The summed E-state index contributed by atoms with van der Waals surface area (Å²) in [4.78, 5) is 16.5. The molecule has 0 aliphatic carbocycles. The zero-order valence-electron chi connectivity index (χ0n) is 15.7. The van der Waals surface area contributed by atoms with Crippen molar-refractivity contribution in [2.75, 3.05) is 13.7 Å². The summed E-state index contributed by atoms with van der Waals surface area (Å²) in [5.74, 6) is 1.05. The van der Waals surface area contributed by atoms with Crippen LogP contribution in [-0.4, -0.2) is 29.8 Å². The summed E-state index contributed by atoms with van der Waals surface area (Å²) in [7, 11) is 1.50. The van der Waals surface area contributed by atoms with E-state index in [-0.39, 0.29) is 12.5 Å². The highest BCUT2D eigenvalue weighted by Crippen LogP contribution is 2.28. The monoisotopic (exact) mass is 380 g/mol. The van der Waals surface area contributed by atoms with Gasteiger partial charge in [-0.05, 0) is 25.1 Å². The van der Waals surface area contributed by atoms with Crippen LogP contribution in [0.1, 0.15) is 21.8 Å². The molecule has 0 radical (unpaired) electrons. The molecule has 3 aromatic rings. The second-order valence-electron chi connectivity index (χ2n) is 5.92. The lowest BCUT2D eigenvalue weighted by Gasteiger charge is -2.10. The first-order valence-electron chi connectivity index (χ1n) is 8.59. The van der Waals surface area contributed by atoms with Crippen LogP contribution in [0.5, 0.6) is 11.5 Å². The van der Waals surface area contributed by atoms with Gasteiger partial charge in [0.2, 0.25) is 5.82 Å². The van der Waals surface area contributed by atoms with Crippen molar-refractivity contribution in [3.8, 4) is 22.9 Å². The average Bonchev–Trinajstić information content (AvgIpc) is 3.20. The van der Waals surface area contributed by atoms with E-state index in [0.717, 1.165) is 11.1 Å². The number of aryl methyl sites for hydroxylation is 1. The Kier molecular flexibility index (Phi) is 6.06. The number of methoxy groups -OCH3 is 1. The van der Waals surface area contributed by atoms with E-state index in [2.05, 4.69) is 16.7 Å². The fourth-order valence-corrected chi connectivity index (χ4v) is 2.41. The number of carbonyl (C=O) groups is 1. The molecule has 7 nitrogen and oxygen atoms in total. The average molecular weight is 380 g/mol. The molecule has 0 aliphatic heterocycles. The minimum atomic E-state index is -0.538. The highest BCUT2D eigenvalue weighted by atomic mass is 16.6. The van der Waals surface area contributed by atoms with Gasteiger partial charge >= 0.3 is 5.97 Å². The van der Waals surface area contributed by atoms with Gasteiger partial charge in [-0.3, -0.25) is 0 Å². The Balaban J connectivity index is 1.64. The molecule has 0 unspecified atom stereocenters. The molecule has 2 aromatic carbocycles. The number of nitrogens with zero attached hydrogens (tertiary/aromatic N) is 2. The fraction of sp³-hybridized carbons (Fsp3) is 0.190. The van der Waals surface area contributed by atoms with E-state index >= 15 is 0 Å². The second-order valence-corrected chi connectivity index (χ2v) is 5.92. The number of benzene rings is 2. The molecular weight excluding hydrogens is 360 g/mol. The predicted molar refractivity (Wildman–Crippen MR) is 102 cm³/mol. The van der Waals surface area contributed by atoms with Gasteiger partial charge in [-0.15, -0.1) is 0 Å². The Morgan fingerprint density at radius 2 is 1.96 bits per heavy atom. The summed E-state index contributed by atoms with van der Waals surface area (Å²) < 4.78 is 21.1. The van der Waals surface area contributed by atoms with Crippen LogP contribution in [0, 0.1) is 6.92 Å². The minimum Gasteiger partial charge on any atom is -0.493 e. The van der Waals surface area contributed by atoms with Crippen LogP contribution in [0.3, 0.4) is 0 Å². The van der Waals surface area contributed by atoms with Gasteiger partial charge in [0.25, 0.3) is 5.89 Å². The molecule has 0 saturated carbocycles. The third-order valence-corrected chi connectivity index (χ3v) is 3.86. The van der Waals surface area contributed by atoms with Crippen LogP contribution in [0.15, 0.2) is 59.6 Å². The molecule has 0 atom stereocenters. The van der Waals surface area contributed by atoms with Gasteiger partial charge < -0.3 is 18.7 Å². The summed E-state index contributed by atoms with van der Waals surface area (Å²) in [5.41, 5.74) is 2.28. The minimum absolute atomic E-state index is 0.130. The number of esters is 1. The molecule has 0 fully saturated rings. The van der Waals surface area contributed by atoms with E-state index in [1.165, 1.54) is 7.11 Å². The van der Waals surface area contributed by atoms with Gasteiger partial charge in [0.15, 0.2) is 18.1 Å². The lowest BCUT2D eigenvalue weighted by Crippen LogP contribution is -2.06. The maximum Gasteiger partial charge on any atom is 0.338 e. The van der Waals surface area contributed by atoms with Gasteiger partial charge in [0.1, 0.15) is 6.61 Å². The normalized spacial score (nSPS) is 10.4. The number of ether oxygens (including phenoxy) is 3. The summed E-state index contributed by atoms with van der Waals surface area (Å²) >= 11 is 0. The standard InChI is InChI=1S/C21H20N2O5/c1-4-11-26-17-10-9-16(12-18(17)25-3)21(24)27-13-19-22-20(23-28-19)15-7-5-14(2)6-8-15/h4-10,12H,1,11,13H2,2-3H3. The summed E-state index contributed by atoms with van der Waals surface area (Å²) in [5, 5.41) is 3.91. The van der Waals surface area contributed by atoms with Crippen LogP contribution in [-0.2, 0) is 11.3 Å². The molecule has 3 rings (SSSR count). The number of carbonyl (C=O) groups excluding carboxylic acids is 1. The summed E-state index contributed by atoms with van der Waals surface area (Å²) in [6.07, 6.45) is 1.62. The smallest absolute Gasteiger partial charge is 0.338 e. The van der Waals surface area contributed by atoms with E-state index < -0.39 is 5.97 Å². The number of hydrogen-bond donors (Lipinski definition) is 0. The molecule has 0 N–H and O–H groups in total. The van der Waals surface area contributed by atoms with Crippen LogP contribution < -0.4 is 9.47 Å². The van der Waals surface area contributed by atoms with Crippen molar-refractivity contribution < 1.29 is 23.5 Å². The van der Waals surface area contributed by atoms with Gasteiger partial charge in [-0.2, -0.15) is 4.98 Å². The van der Waals surface area contributed by atoms with Crippen LogP contribution in [0.25, 0.3) is 11.4 Å². The maximum atomic E-state index is 12.3. The predicted octanol–water partition coefficient (Wildman–Crippen LogP) is 3.98. The van der Waals surface area contributed by atoms with E-state index in [0.29, 0.717) is 29.5 Å². The first kappa shape index (κ1) is 19.2. The molecule has 0 bridgehead atoms. The Labute approximate surface area is 162 Å². The van der Waals surface area contributed by atoms with Gasteiger partial charge in [0, 0.05) is 5.56 Å². The Morgan fingerprint density at radius 1 is 1.18 bits per heavy atom. The lowest BCUT2D eigenvalue weighted by molar-refractivity contribution is 0.0429. The molecule has 0 spiro atoms. The topological polar surface area (TPSA) is 83.7 Å². The zero-order chi connectivity index (χ0) is 19.9. The van der Waals surface area contributed by atoms with Gasteiger partial charge in [-0.25, -0.2) is 4.79 Å². The maximum absolute atomic E-state index is 12.3. The number of aromatic nitrogens is 2. The fourth-order valence-electron chi connectivity index (χ4n) is 2.41. The van der Waals surface area contributed by atoms with Gasteiger partial charge in [-0.1, -0.05) is 47.6 Å². The summed E-state index contributed by atoms with van der Waals surface area (Å²) in [6, 6.07) is 12.5. The quantitative estimate of drug-likeness (QED) is 0.432. The van der Waals surface area contributed by atoms with Crippen molar-refractivity contribution in [3.63, 3.8) is 0 Å². The molecule has 7 heteroatoms. The van der Waals surface area contributed by atoms with Crippen LogP contribution in [0.4, 0.5) is 0 Å². The third-order valence-electron chi connectivity index (χ3n) is 3.86. The SMILES string of the molecule is C=CCOc1ccc(C(=O)OCc2nc(-c3ccc(C)cc3)no2)cc1OC. The van der Waals surface area contributed by atoms with E-state index in [1.807, 2.05) is 31.2 Å². The first-order valence-corrected chi connectivity index (χ1v) is 8.59. The van der Waals surface area contributed by atoms with E-state index in [1.54, 1.807) is 24.3 Å². The van der Waals surface area contributed by atoms with Crippen LogP contribution in [0.2, 0.25) is 0 Å². The Bertz CT molecular complexity index is 963. The molecule has 1 heterocycles. The molecule has 1 aromatic heterocycles. The highest BCUT2D eigenvalue weighted by molar-refractivity contribution is 5.90. The van der Waals surface area contributed by atoms with Crippen molar-refractivity contribution in [2.24, 2.45) is 0 Å². The van der Waals surface area contributed by atoms with Gasteiger partial charge in [0.05, 0.1) is 12.7 Å². The van der Waals surface area contributed by atoms with Crippen molar-refractivity contribution >= 4 is 5.97 Å². The zero-order valence-corrected chi connectivity index (χ0v) is 15.7. The first-order chi connectivity index (χ1) is 13.6. The molecule has 144 valence electrons. The van der Waals surface area contributed by atoms with E-state index in [4.69, 9.17) is 18.7 Å². The molecule has 0 amide bonds.